The van der Waals surface area contributed by atoms with E-state index in [4.69, 9.17) is 21.4 Å². The van der Waals surface area contributed by atoms with Gasteiger partial charge in [-0.05, 0) is 25.0 Å². The fourth-order valence-electron chi connectivity index (χ4n) is 3.44. The normalized spacial score (nSPS) is 20.9. The molecule has 146 valence electrons. The van der Waals surface area contributed by atoms with E-state index in [2.05, 4.69) is 30.5 Å². The molecule has 0 amide bonds. The van der Waals surface area contributed by atoms with E-state index in [9.17, 15) is 0 Å². The summed E-state index contributed by atoms with van der Waals surface area (Å²) >= 11 is 6.16. The fourth-order valence-corrected chi connectivity index (χ4v) is 3.66. The zero-order valence-corrected chi connectivity index (χ0v) is 16.2. The van der Waals surface area contributed by atoms with Crippen LogP contribution in [0, 0.1) is 0 Å². The molecule has 0 aliphatic carbocycles. The van der Waals surface area contributed by atoms with Gasteiger partial charge in [0.2, 0.25) is 11.8 Å². The number of rotatable bonds is 6. The Bertz CT molecular complexity index is 769. The first-order chi connectivity index (χ1) is 12.7. The summed E-state index contributed by atoms with van der Waals surface area (Å²) in [5.74, 6) is 1.70. The Morgan fingerprint density at radius 2 is 2.07 bits per heavy atom. The Morgan fingerprint density at radius 1 is 1.30 bits per heavy atom. The van der Waals surface area contributed by atoms with Crippen molar-refractivity contribution in [3.63, 3.8) is 0 Å². The molecule has 3 N–H and O–H groups in total. The molecule has 0 aromatic carbocycles. The van der Waals surface area contributed by atoms with Gasteiger partial charge >= 0.3 is 0 Å². The number of hydrogen-bond donors (Lipinski definition) is 3. The molecule has 2 aromatic rings. The first-order valence-corrected chi connectivity index (χ1v) is 9.09. The van der Waals surface area contributed by atoms with Crippen molar-refractivity contribution < 1.29 is 9.84 Å². The lowest BCUT2D eigenvalue weighted by Gasteiger charge is -2.33. The van der Waals surface area contributed by atoms with Gasteiger partial charge in [0, 0.05) is 31.4 Å². The lowest BCUT2D eigenvalue weighted by molar-refractivity contribution is 0.197. The van der Waals surface area contributed by atoms with Crippen molar-refractivity contribution in [2.75, 3.05) is 36.5 Å². The molecular weight excluding hydrogens is 391 g/mol. The molecule has 10 heteroatoms. The minimum absolute atomic E-state index is 0. The standard InChI is InChI=1S/C17H21ClN6O2.ClH/c18-14-7-13(8-20-16(14)26-6-5-25)22-17-19-4-3-15(23-17)24-9-11-1-2-12(10-24)21-11;/h3-4,7-8,11-12,21,25H,1-2,5-6,9-10H2,(H,19,22,23);1H/t11-,12+;. The van der Waals surface area contributed by atoms with Crippen LogP contribution in [0.25, 0.3) is 0 Å². The van der Waals surface area contributed by atoms with Gasteiger partial charge in [0.25, 0.3) is 0 Å². The molecule has 0 spiro atoms. The predicted octanol–water partition coefficient (Wildman–Crippen LogP) is 2.00. The third kappa shape index (κ3) is 4.70. The summed E-state index contributed by atoms with van der Waals surface area (Å²) < 4.78 is 5.25. The van der Waals surface area contributed by atoms with Gasteiger partial charge in [0.1, 0.15) is 17.4 Å². The number of fused-ring (bicyclic) bond motifs is 2. The quantitative estimate of drug-likeness (QED) is 0.662. The molecule has 4 heterocycles. The van der Waals surface area contributed by atoms with Gasteiger partial charge in [-0.2, -0.15) is 4.98 Å². The number of anilines is 3. The molecule has 2 saturated heterocycles. The largest absolute Gasteiger partial charge is 0.474 e. The summed E-state index contributed by atoms with van der Waals surface area (Å²) in [4.78, 5) is 15.4. The van der Waals surface area contributed by atoms with Crippen molar-refractivity contribution in [3.05, 3.63) is 29.5 Å². The van der Waals surface area contributed by atoms with Crippen LogP contribution in [0.3, 0.4) is 0 Å². The zero-order chi connectivity index (χ0) is 17.9. The summed E-state index contributed by atoms with van der Waals surface area (Å²) in [6, 6.07) is 4.74. The second-order valence-electron chi connectivity index (χ2n) is 6.49. The smallest absolute Gasteiger partial charge is 0.232 e. The average Bonchev–Trinajstić information content (AvgIpc) is 2.99. The van der Waals surface area contributed by atoms with Crippen LogP contribution in [0.2, 0.25) is 5.02 Å². The van der Waals surface area contributed by atoms with Crippen LogP contribution in [-0.4, -0.2) is 58.4 Å². The number of nitrogens with one attached hydrogen (secondary N) is 2. The number of nitrogens with zero attached hydrogens (tertiary/aromatic N) is 4. The fraction of sp³-hybridized carbons (Fsp3) is 0.471. The maximum absolute atomic E-state index is 8.81. The Hall–Kier alpha value is -1.87. The number of piperazine rings is 1. The summed E-state index contributed by atoms with van der Waals surface area (Å²) in [7, 11) is 0. The lowest BCUT2D eigenvalue weighted by atomic mass is 10.2. The van der Waals surface area contributed by atoms with Crippen LogP contribution >= 0.6 is 24.0 Å². The highest BCUT2D eigenvalue weighted by Gasteiger charge is 2.32. The predicted molar refractivity (Wildman–Crippen MR) is 107 cm³/mol. The van der Waals surface area contributed by atoms with E-state index in [0.29, 0.717) is 28.7 Å². The minimum atomic E-state index is -0.0909. The number of ether oxygens (including phenoxy) is 1. The van der Waals surface area contributed by atoms with Crippen LogP contribution < -0.4 is 20.3 Å². The number of pyridine rings is 1. The topological polar surface area (TPSA) is 95.4 Å². The number of aliphatic hydroxyl groups excluding tert-OH is 1. The molecule has 8 nitrogen and oxygen atoms in total. The molecule has 2 aromatic heterocycles. The number of aromatic nitrogens is 3. The molecule has 0 saturated carbocycles. The van der Waals surface area contributed by atoms with Gasteiger partial charge in [-0.1, -0.05) is 11.6 Å². The summed E-state index contributed by atoms with van der Waals surface area (Å²) in [6.45, 7) is 2.00. The number of hydrogen-bond acceptors (Lipinski definition) is 8. The molecule has 2 aliphatic rings. The van der Waals surface area contributed by atoms with E-state index in [1.54, 1.807) is 18.5 Å². The molecule has 2 aliphatic heterocycles. The van der Waals surface area contributed by atoms with Crippen molar-refractivity contribution in [2.24, 2.45) is 0 Å². The third-order valence-corrected chi connectivity index (χ3v) is 4.85. The van der Waals surface area contributed by atoms with Gasteiger partial charge in [-0.3, -0.25) is 0 Å². The molecule has 0 unspecified atom stereocenters. The van der Waals surface area contributed by atoms with Gasteiger partial charge < -0.3 is 25.4 Å². The number of halogens is 2. The van der Waals surface area contributed by atoms with E-state index in [1.807, 2.05) is 6.07 Å². The molecule has 4 rings (SSSR count). The van der Waals surface area contributed by atoms with E-state index in [1.165, 1.54) is 12.8 Å². The highest BCUT2D eigenvalue weighted by atomic mass is 35.5. The minimum Gasteiger partial charge on any atom is -0.474 e. The van der Waals surface area contributed by atoms with E-state index in [-0.39, 0.29) is 31.5 Å². The SMILES string of the molecule is Cl.OCCOc1ncc(Nc2nccc(N3C[C@H]4CC[C@@H](C3)N4)n2)cc1Cl. The second kappa shape index (κ2) is 8.88. The van der Waals surface area contributed by atoms with Gasteiger partial charge in [-0.25, -0.2) is 9.97 Å². The molecule has 0 radical (unpaired) electrons. The van der Waals surface area contributed by atoms with Gasteiger partial charge in [-0.15, -0.1) is 12.4 Å². The maximum Gasteiger partial charge on any atom is 0.232 e. The molecule has 2 atom stereocenters. The van der Waals surface area contributed by atoms with Crippen molar-refractivity contribution >= 4 is 41.5 Å². The van der Waals surface area contributed by atoms with Crippen LogP contribution in [-0.2, 0) is 0 Å². The molecule has 2 bridgehead atoms. The second-order valence-corrected chi connectivity index (χ2v) is 6.90. The lowest BCUT2D eigenvalue weighted by Crippen LogP contribution is -2.51. The zero-order valence-electron chi connectivity index (χ0n) is 14.6. The van der Waals surface area contributed by atoms with Crippen molar-refractivity contribution in [3.8, 4) is 5.88 Å². The third-order valence-electron chi connectivity index (χ3n) is 4.58. The van der Waals surface area contributed by atoms with Gasteiger partial charge in [0.05, 0.1) is 18.5 Å². The summed E-state index contributed by atoms with van der Waals surface area (Å²) in [5, 5.41) is 15.9. The first-order valence-electron chi connectivity index (χ1n) is 8.71. The Labute approximate surface area is 168 Å². The Balaban J connectivity index is 0.00000210. The molecule has 2 fully saturated rings. The van der Waals surface area contributed by atoms with Crippen LogP contribution in [0.1, 0.15) is 12.8 Å². The van der Waals surface area contributed by atoms with Crippen LogP contribution in [0.15, 0.2) is 24.5 Å². The Kier molecular flexibility index (Phi) is 6.54. The van der Waals surface area contributed by atoms with Gasteiger partial charge in [0.15, 0.2) is 0 Å². The van der Waals surface area contributed by atoms with Crippen molar-refractivity contribution in [2.45, 2.75) is 24.9 Å². The first kappa shape index (κ1) is 19.9. The van der Waals surface area contributed by atoms with E-state index >= 15 is 0 Å². The van der Waals surface area contributed by atoms with E-state index < -0.39 is 0 Å². The maximum atomic E-state index is 8.81. The molecule has 27 heavy (non-hydrogen) atoms. The summed E-state index contributed by atoms with van der Waals surface area (Å²) in [5.41, 5.74) is 0.670. The average molecular weight is 413 g/mol. The summed E-state index contributed by atoms with van der Waals surface area (Å²) in [6.07, 6.45) is 5.81. The van der Waals surface area contributed by atoms with Crippen LogP contribution in [0.5, 0.6) is 5.88 Å². The van der Waals surface area contributed by atoms with Crippen molar-refractivity contribution in [1.82, 2.24) is 20.3 Å². The van der Waals surface area contributed by atoms with Crippen LogP contribution in [0.4, 0.5) is 17.5 Å². The Morgan fingerprint density at radius 3 is 2.78 bits per heavy atom. The van der Waals surface area contributed by atoms with Crippen molar-refractivity contribution in [1.29, 1.82) is 0 Å². The number of aliphatic hydroxyl groups is 1. The monoisotopic (exact) mass is 412 g/mol. The highest BCUT2D eigenvalue weighted by Crippen LogP contribution is 2.27. The molecular formula is C17H22Cl2N6O2. The van der Waals surface area contributed by atoms with E-state index in [0.717, 1.165) is 18.9 Å². The highest BCUT2D eigenvalue weighted by molar-refractivity contribution is 6.32.